The van der Waals surface area contributed by atoms with Crippen LogP contribution in [0.3, 0.4) is 0 Å². The Kier molecular flexibility index (Phi) is 5.82. The van der Waals surface area contributed by atoms with E-state index >= 15 is 0 Å². The predicted molar refractivity (Wildman–Crippen MR) is 100 cm³/mol. The van der Waals surface area contributed by atoms with Crippen molar-refractivity contribution in [1.29, 1.82) is 0 Å². The van der Waals surface area contributed by atoms with Crippen LogP contribution in [0, 0.1) is 0 Å². The molecular formula is C18H18N4O4S. The normalized spacial score (nSPS) is 10.4. The summed E-state index contributed by atoms with van der Waals surface area (Å²) in [7, 11) is 1.89. The Morgan fingerprint density at radius 1 is 1.26 bits per heavy atom. The Balaban J connectivity index is 1.57. The molecule has 0 atom stereocenters. The summed E-state index contributed by atoms with van der Waals surface area (Å²) < 4.78 is 12.4. The fourth-order valence-electron chi connectivity index (χ4n) is 2.19. The lowest BCUT2D eigenvalue weighted by atomic mass is 10.2. The summed E-state index contributed by atoms with van der Waals surface area (Å²) in [6, 6.07) is 6.74. The van der Waals surface area contributed by atoms with Crippen molar-refractivity contribution < 1.29 is 19.1 Å². The van der Waals surface area contributed by atoms with Gasteiger partial charge in [0.15, 0.2) is 10.8 Å². The lowest BCUT2D eigenvalue weighted by molar-refractivity contribution is 0.0520. The largest absolute Gasteiger partial charge is 0.486 e. The summed E-state index contributed by atoms with van der Waals surface area (Å²) in [5.41, 5.74) is 0.627. The molecule has 3 aromatic rings. The van der Waals surface area contributed by atoms with Crippen molar-refractivity contribution in [3.8, 4) is 5.75 Å². The number of imidazole rings is 1. The van der Waals surface area contributed by atoms with Crippen LogP contribution in [-0.2, 0) is 18.4 Å². The van der Waals surface area contributed by atoms with Crippen molar-refractivity contribution in [2.24, 2.45) is 7.05 Å². The van der Waals surface area contributed by atoms with Crippen LogP contribution in [-0.4, -0.2) is 33.0 Å². The highest BCUT2D eigenvalue weighted by Gasteiger charge is 2.14. The summed E-state index contributed by atoms with van der Waals surface area (Å²) in [5.74, 6) is 0.602. The molecule has 3 rings (SSSR count). The molecule has 0 spiro atoms. The summed E-state index contributed by atoms with van der Waals surface area (Å²) in [5, 5.41) is 4.54. The number of carbonyl (C=O) groups is 2. The van der Waals surface area contributed by atoms with E-state index in [1.54, 1.807) is 42.8 Å². The topological polar surface area (TPSA) is 95.3 Å². The van der Waals surface area contributed by atoms with E-state index in [-0.39, 0.29) is 18.2 Å². The van der Waals surface area contributed by atoms with Crippen molar-refractivity contribution in [2.45, 2.75) is 13.5 Å². The van der Waals surface area contributed by atoms with Crippen LogP contribution in [0.15, 0.2) is 42.0 Å². The van der Waals surface area contributed by atoms with E-state index in [1.807, 2.05) is 17.8 Å². The zero-order chi connectivity index (χ0) is 19.2. The molecule has 0 unspecified atom stereocenters. The third-order valence-electron chi connectivity index (χ3n) is 3.61. The number of thiazole rings is 1. The molecule has 0 aliphatic rings. The van der Waals surface area contributed by atoms with E-state index in [1.165, 1.54) is 0 Å². The SMILES string of the molecule is CCOC(=O)c1csc(NC(=O)c2ccc(OCc3nccn3C)cc2)n1. The molecule has 27 heavy (non-hydrogen) atoms. The standard InChI is InChI=1S/C18H18N4O4S/c1-3-25-17(24)14-11-27-18(20-14)21-16(23)12-4-6-13(7-5-12)26-10-15-19-8-9-22(15)2/h4-9,11H,3,10H2,1-2H3,(H,20,21,23). The average molecular weight is 386 g/mol. The summed E-state index contributed by atoms with van der Waals surface area (Å²) in [6.07, 6.45) is 3.55. The van der Waals surface area contributed by atoms with Crippen LogP contribution in [0.5, 0.6) is 5.75 Å². The first-order valence-corrected chi connectivity index (χ1v) is 9.08. The number of esters is 1. The maximum Gasteiger partial charge on any atom is 0.357 e. The Labute approximate surface area is 159 Å². The highest BCUT2D eigenvalue weighted by molar-refractivity contribution is 7.14. The van der Waals surface area contributed by atoms with Crippen LogP contribution in [0.4, 0.5) is 5.13 Å². The van der Waals surface area contributed by atoms with Gasteiger partial charge < -0.3 is 14.0 Å². The molecule has 1 amide bonds. The minimum Gasteiger partial charge on any atom is -0.486 e. The number of hydrogen-bond donors (Lipinski definition) is 1. The minimum absolute atomic E-state index is 0.176. The Hall–Kier alpha value is -3.20. The van der Waals surface area contributed by atoms with Crippen LogP contribution in [0.1, 0.15) is 33.6 Å². The number of nitrogens with zero attached hydrogens (tertiary/aromatic N) is 3. The average Bonchev–Trinajstić information content (AvgIpc) is 3.29. The fourth-order valence-corrected chi connectivity index (χ4v) is 2.86. The van der Waals surface area contributed by atoms with Gasteiger partial charge in [-0.25, -0.2) is 14.8 Å². The number of carbonyl (C=O) groups excluding carboxylic acids is 2. The van der Waals surface area contributed by atoms with Crippen molar-refractivity contribution in [1.82, 2.24) is 14.5 Å². The van der Waals surface area contributed by atoms with Crippen LogP contribution in [0.2, 0.25) is 0 Å². The zero-order valence-electron chi connectivity index (χ0n) is 14.8. The second-order valence-corrected chi connectivity index (χ2v) is 6.34. The van der Waals surface area contributed by atoms with Gasteiger partial charge >= 0.3 is 5.97 Å². The van der Waals surface area contributed by atoms with Crippen molar-refractivity contribution in [3.05, 3.63) is 59.1 Å². The first-order valence-electron chi connectivity index (χ1n) is 8.20. The fraction of sp³-hybridized carbons (Fsp3) is 0.222. The number of nitrogens with one attached hydrogen (secondary N) is 1. The van der Waals surface area contributed by atoms with Crippen LogP contribution < -0.4 is 10.1 Å². The second kappa shape index (κ2) is 8.45. The Bertz CT molecular complexity index is 933. The first-order chi connectivity index (χ1) is 13.1. The molecule has 140 valence electrons. The minimum atomic E-state index is -0.511. The maximum absolute atomic E-state index is 12.3. The molecular weight excluding hydrogens is 368 g/mol. The third kappa shape index (κ3) is 4.70. The van der Waals surface area contributed by atoms with E-state index in [9.17, 15) is 9.59 Å². The predicted octanol–water partition coefficient (Wildman–Crippen LogP) is 2.88. The van der Waals surface area contributed by atoms with Gasteiger partial charge in [0, 0.05) is 30.4 Å². The van der Waals surface area contributed by atoms with Crippen molar-refractivity contribution >= 4 is 28.3 Å². The van der Waals surface area contributed by atoms with Gasteiger partial charge in [-0.3, -0.25) is 10.1 Å². The first kappa shape index (κ1) is 18.6. The molecule has 0 aliphatic heterocycles. The number of rotatable bonds is 7. The summed E-state index contributed by atoms with van der Waals surface area (Å²) >= 11 is 1.16. The molecule has 1 N–H and O–H groups in total. The Morgan fingerprint density at radius 2 is 2.04 bits per heavy atom. The second-order valence-electron chi connectivity index (χ2n) is 5.48. The molecule has 8 nitrogen and oxygen atoms in total. The molecule has 0 saturated heterocycles. The van der Waals surface area contributed by atoms with Gasteiger partial charge in [0.2, 0.25) is 0 Å². The number of hydrogen-bond acceptors (Lipinski definition) is 7. The Morgan fingerprint density at radius 3 is 2.70 bits per heavy atom. The van der Waals surface area contributed by atoms with Gasteiger partial charge in [-0.05, 0) is 31.2 Å². The highest BCUT2D eigenvalue weighted by atomic mass is 32.1. The van der Waals surface area contributed by atoms with E-state index < -0.39 is 5.97 Å². The molecule has 0 saturated carbocycles. The molecule has 2 heterocycles. The number of amides is 1. The van der Waals surface area contributed by atoms with Gasteiger partial charge in [-0.1, -0.05) is 0 Å². The summed E-state index contributed by atoms with van der Waals surface area (Å²) in [6.45, 7) is 2.33. The highest BCUT2D eigenvalue weighted by Crippen LogP contribution is 2.19. The maximum atomic E-state index is 12.3. The number of aryl methyl sites for hydroxylation is 1. The molecule has 1 aromatic carbocycles. The van der Waals surface area contributed by atoms with Gasteiger partial charge in [0.1, 0.15) is 18.2 Å². The van der Waals surface area contributed by atoms with E-state index in [0.29, 0.717) is 23.1 Å². The van der Waals surface area contributed by atoms with Gasteiger partial charge in [-0.15, -0.1) is 11.3 Å². The summed E-state index contributed by atoms with van der Waals surface area (Å²) in [4.78, 5) is 32.2. The lowest BCUT2D eigenvalue weighted by Crippen LogP contribution is -2.12. The van der Waals surface area contributed by atoms with E-state index in [4.69, 9.17) is 9.47 Å². The molecule has 0 fully saturated rings. The van der Waals surface area contributed by atoms with Crippen LogP contribution in [0.25, 0.3) is 0 Å². The smallest absolute Gasteiger partial charge is 0.357 e. The lowest BCUT2D eigenvalue weighted by Gasteiger charge is -2.07. The van der Waals surface area contributed by atoms with Gasteiger partial charge in [0.25, 0.3) is 5.91 Å². The number of ether oxygens (including phenoxy) is 2. The van der Waals surface area contributed by atoms with E-state index in [2.05, 4.69) is 15.3 Å². The molecule has 2 aromatic heterocycles. The van der Waals surface area contributed by atoms with Crippen molar-refractivity contribution in [2.75, 3.05) is 11.9 Å². The zero-order valence-corrected chi connectivity index (χ0v) is 15.7. The third-order valence-corrected chi connectivity index (χ3v) is 4.37. The molecule has 0 aliphatic carbocycles. The number of benzene rings is 1. The van der Waals surface area contributed by atoms with Crippen molar-refractivity contribution in [3.63, 3.8) is 0 Å². The van der Waals surface area contributed by atoms with E-state index in [0.717, 1.165) is 17.2 Å². The molecule has 0 bridgehead atoms. The molecule has 0 radical (unpaired) electrons. The number of aromatic nitrogens is 3. The number of anilines is 1. The monoisotopic (exact) mass is 386 g/mol. The van der Waals surface area contributed by atoms with Gasteiger partial charge in [0.05, 0.1) is 6.61 Å². The van der Waals surface area contributed by atoms with Crippen LogP contribution >= 0.6 is 11.3 Å². The van der Waals surface area contributed by atoms with Gasteiger partial charge in [-0.2, -0.15) is 0 Å². The quantitative estimate of drug-likeness (QED) is 0.628. The molecule has 9 heteroatoms.